The van der Waals surface area contributed by atoms with Crippen molar-refractivity contribution in [3.8, 4) is 11.5 Å². The van der Waals surface area contributed by atoms with Gasteiger partial charge in [0.25, 0.3) is 0 Å². The number of benzene rings is 2. The molecule has 0 aliphatic heterocycles. The lowest BCUT2D eigenvalue weighted by molar-refractivity contribution is -0.118. The van der Waals surface area contributed by atoms with Crippen LogP contribution in [0.25, 0.3) is 0 Å². The maximum absolute atomic E-state index is 11.9. The molecule has 1 amide bonds. The average molecular weight is 284 g/mol. The van der Waals surface area contributed by atoms with Gasteiger partial charge >= 0.3 is 0 Å². The van der Waals surface area contributed by atoms with Crippen molar-refractivity contribution in [3.05, 3.63) is 54.6 Å². The second kappa shape index (κ2) is 6.90. The van der Waals surface area contributed by atoms with Crippen LogP contribution in [0.3, 0.4) is 0 Å². The summed E-state index contributed by atoms with van der Waals surface area (Å²) in [6, 6.07) is 16.2. The highest BCUT2D eigenvalue weighted by molar-refractivity contribution is 5.94. The van der Waals surface area contributed by atoms with Gasteiger partial charge in [0.05, 0.1) is 6.04 Å². The molecular weight excluding hydrogens is 264 g/mol. The molecule has 0 spiro atoms. The van der Waals surface area contributed by atoms with Gasteiger partial charge in [0.2, 0.25) is 5.91 Å². The van der Waals surface area contributed by atoms with E-state index < -0.39 is 6.04 Å². The first-order chi connectivity index (χ1) is 10.1. The number of carbonyl (C=O) groups is 1. The first-order valence-electron chi connectivity index (χ1n) is 6.95. The molecule has 0 radical (unpaired) electrons. The Balaban J connectivity index is 2.06. The van der Waals surface area contributed by atoms with Crippen molar-refractivity contribution >= 4 is 11.6 Å². The van der Waals surface area contributed by atoms with Gasteiger partial charge in [-0.25, -0.2) is 0 Å². The molecule has 3 N–H and O–H groups in total. The van der Waals surface area contributed by atoms with Crippen LogP contribution in [0.5, 0.6) is 11.5 Å². The number of amides is 1. The van der Waals surface area contributed by atoms with Crippen LogP contribution in [0, 0.1) is 5.92 Å². The Morgan fingerprint density at radius 2 is 1.71 bits per heavy atom. The summed E-state index contributed by atoms with van der Waals surface area (Å²) in [5.41, 5.74) is 6.50. The van der Waals surface area contributed by atoms with Crippen LogP contribution in [0.2, 0.25) is 0 Å². The second-order valence-corrected chi connectivity index (χ2v) is 5.20. The summed E-state index contributed by atoms with van der Waals surface area (Å²) in [7, 11) is 0. The summed E-state index contributed by atoms with van der Waals surface area (Å²) < 4.78 is 5.73. The highest BCUT2D eigenvalue weighted by Gasteiger charge is 2.17. The van der Waals surface area contributed by atoms with Crippen molar-refractivity contribution in [2.75, 3.05) is 5.32 Å². The van der Waals surface area contributed by atoms with E-state index in [9.17, 15) is 4.79 Å². The lowest BCUT2D eigenvalue weighted by atomic mass is 10.0. The van der Waals surface area contributed by atoms with Crippen molar-refractivity contribution in [1.82, 2.24) is 0 Å². The Morgan fingerprint density at radius 1 is 1.05 bits per heavy atom. The quantitative estimate of drug-likeness (QED) is 0.884. The van der Waals surface area contributed by atoms with Gasteiger partial charge in [0.15, 0.2) is 0 Å². The van der Waals surface area contributed by atoms with Gasteiger partial charge in [0, 0.05) is 11.8 Å². The van der Waals surface area contributed by atoms with Crippen molar-refractivity contribution in [3.63, 3.8) is 0 Å². The van der Waals surface area contributed by atoms with Crippen LogP contribution >= 0.6 is 0 Å². The van der Waals surface area contributed by atoms with E-state index in [4.69, 9.17) is 10.5 Å². The van der Waals surface area contributed by atoms with Crippen LogP contribution in [0.15, 0.2) is 54.6 Å². The molecule has 21 heavy (non-hydrogen) atoms. The largest absolute Gasteiger partial charge is 0.457 e. The Bertz CT molecular complexity index is 597. The maximum Gasteiger partial charge on any atom is 0.241 e. The molecule has 110 valence electrons. The number of carbonyl (C=O) groups excluding carboxylic acids is 1. The Morgan fingerprint density at radius 3 is 2.38 bits per heavy atom. The minimum Gasteiger partial charge on any atom is -0.457 e. The molecule has 0 bridgehead atoms. The fourth-order valence-electron chi connectivity index (χ4n) is 1.79. The number of nitrogens with one attached hydrogen (secondary N) is 1. The Labute approximate surface area is 124 Å². The summed E-state index contributed by atoms with van der Waals surface area (Å²) in [6.45, 7) is 3.83. The van der Waals surface area contributed by atoms with Crippen LogP contribution in [0.4, 0.5) is 5.69 Å². The second-order valence-electron chi connectivity index (χ2n) is 5.20. The molecule has 0 saturated heterocycles. The van der Waals surface area contributed by atoms with E-state index in [2.05, 4.69) is 5.32 Å². The first kappa shape index (κ1) is 15.1. The van der Waals surface area contributed by atoms with Crippen molar-refractivity contribution in [2.45, 2.75) is 19.9 Å². The first-order valence-corrected chi connectivity index (χ1v) is 6.95. The fourth-order valence-corrected chi connectivity index (χ4v) is 1.79. The highest BCUT2D eigenvalue weighted by atomic mass is 16.5. The predicted octanol–water partition coefficient (Wildman–Crippen LogP) is 3.40. The third kappa shape index (κ3) is 4.33. The van der Waals surface area contributed by atoms with Gasteiger partial charge in [-0.15, -0.1) is 0 Å². The van der Waals surface area contributed by atoms with E-state index in [0.717, 1.165) is 5.75 Å². The predicted molar refractivity (Wildman–Crippen MR) is 84.4 cm³/mol. The van der Waals surface area contributed by atoms with E-state index in [1.165, 1.54) is 0 Å². The number of ether oxygens (including phenoxy) is 1. The fraction of sp³-hybridized carbons (Fsp3) is 0.235. The summed E-state index contributed by atoms with van der Waals surface area (Å²) in [5, 5.41) is 2.81. The lowest BCUT2D eigenvalue weighted by Crippen LogP contribution is -2.39. The number of hydrogen-bond donors (Lipinski definition) is 2. The normalized spacial score (nSPS) is 12.0. The monoisotopic (exact) mass is 284 g/mol. The van der Waals surface area contributed by atoms with Crippen molar-refractivity contribution in [2.24, 2.45) is 11.7 Å². The molecule has 4 heteroatoms. The van der Waals surface area contributed by atoms with E-state index in [-0.39, 0.29) is 11.8 Å². The zero-order valence-electron chi connectivity index (χ0n) is 12.2. The van der Waals surface area contributed by atoms with Gasteiger partial charge < -0.3 is 15.8 Å². The summed E-state index contributed by atoms with van der Waals surface area (Å²) in [5.74, 6) is 1.31. The smallest absolute Gasteiger partial charge is 0.241 e. The number of hydrogen-bond acceptors (Lipinski definition) is 3. The minimum atomic E-state index is -0.524. The SMILES string of the molecule is CC(C)C(N)C(=O)Nc1cccc(Oc2ccccc2)c1. The number of nitrogens with two attached hydrogens (primary N) is 1. The van der Waals surface area contributed by atoms with E-state index in [1.807, 2.05) is 62.4 Å². The van der Waals surface area contributed by atoms with Gasteiger partial charge in [-0.1, -0.05) is 38.1 Å². The molecule has 2 aromatic rings. The van der Waals surface area contributed by atoms with Gasteiger partial charge in [0.1, 0.15) is 11.5 Å². The number of rotatable bonds is 5. The van der Waals surface area contributed by atoms with Crippen LogP contribution in [0.1, 0.15) is 13.8 Å². The zero-order valence-corrected chi connectivity index (χ0v) is 12.2. The molecule has 1 unspecified atom stereocenters. The molecular formula is C17H20N2O2. The summed E-state index contributed by atoms with van der Waals surface area (Å²) in [6.07, 6.45) is 0. The van der Waals surface area contributed by atoms with E-state index >= 15 is 0 Å². The molecule has 0 fully saturated rings. The lowest BCUT2D eigenvalue weighted by Gasteiger charge is -2.15. The van der Waals surface area contributed by atoms with Crippen LogP contribution in [-0.2, 0) is 4.79 Å². The molecule has 0 saturated carbocycles. The molecule has 1 atom stereocenters. The third-order valence-corrected chi connectivity index (χ3v) is 3.10. The van der Waals surface area contributed by atoms with E-state index in [1.54, 1.807) is 6.07 Å². The number of anilines is 1. The summed E-state index contributed by atoms with van der Waals surface area (Å²) >= 11 is 0. The van der Waals surface area contributed by atoms with Crippen molar-refractivity contribution in [1.29, 1.82) is 0 Å². The standard InChI is InChI=1S/C17H20N2O2/c1-12(2)16(18)17(20)19-13-7-6-10-15(11-13)21-14-8-4-3-5-9-14/h3-12,16H,18H2,1-2H3,(H,19,20). The van der Waals surface area contributed by atoms with Gasteiger partial charge in [-0.3, -0.25) is 4.79 Å². The Hall–Kier alpha value is -2.33. The summed E-state index contributed by atoms with van der Waals surface area (Å²) in [4.78, 5) is 11.9. The Kier molecular flexibility index (Phi) is 4.95. The number of para-hydroxylation sites is 1. The zero-order chi connectivity index (χ0) is 15.2. The molecule has 0 aromatic heterocycles. The van der Waals surface area contributed by atoms with E-state index in [0.29, 0.717) is 11.4 Å². The molecule has 0 heterocycles. The minimum absolute atomic E-state index is 0.0914. The highest BCUT2D eigenvalue weighted by Crippen LogP contribution is 2.23. The molecule has 0 aliphatic carbocycles. The molecule has 2 rings (SSSR count). The van der Waals surface area contributed by atoms with Gasteiger partial charge in [-0.2, -0.15) is 0 Å². The topological polar surface area (TPSA) is 64.4 Å². The maximum atomic E-state index is 11.9. The van der Waals surface area contributed by atoms with Crippen LogP contribution in [-0.4, -0.2) is 11.9 Å². The average Bonchev–Trinajstić information content (AvgIpc) is 2.47. The van der Waals surface area contributed by atoms with Crippen LogP contribution < -0.4 is 15.8 Å². The molecule has 4 nitrogen and oxygen atoms in total. The third-order valence-electron chi connectivity index (χ3n) is 3.10. The molecule has 0 aliphatic rings. The van der Waals surface area contributed by atoms with Crippen molar-refractivity contribution < 1.29 is 9.53 Å². The van der Waals surface area contributed by atoms with Gasteiger partial charge in [-0.05, 0) is 30.2 Å². The molecule has 2 aromatic carbocycles.